The zero-order valence-corrected chi connectivity index (χ0v) is 20.7. The Morgan fingerprint density at radius 2 is 1.88 bits per heavy atom. The van der Waals surface area contributed by atoms with Gasteiger partial charge < -0.3 is 20.1 Å². The monoisotopic (exact) mass is 494 g/mol. The largest absolute Gasteiger partial charge is 0.479 e. The molecular weight excluding hydrogens is 460 g/mol. The fraction of sp³-hybridized carbons (Fsp3) is 0.652. The molecule has 11 heteroatoms. The molecule has 4 rings (SSSR count). The van der Waals surface area contributed by atoms with E-state index < -0.39 is 16.1 Å². The van der Waals surface area contributed by atoms with E-state index >= 15 is 0 Å². The van der Waals surface area contributed by atoms with Gasteiger partial charge in [0.05, 0.1) is 23.8 Å². The van der Waals surface area contributed by atoms with E-state index in [9.17, 15) is 18.0 Å². The summed E-state index contributed by atoms with van der Waals surface area (Å²) in [5, 5.41) is 5.75. The van der Waals surface area contributed by atoms with Gasteiger partial charge in [0, 0.05) is 44.7 Å². The van der Waals surface area contributed by atoms with Crippen molar-refractivity contribution in [1.82, 2.24) is 14.5 Å². The van der Waals surface area contributed by atoms with Gasteiger partial charge in [-0.1, -0.05) is 0 Å². The van der Waals surface area contributed by atoms with Crippen LogP contribution in [0.2, 0.25) is 0 Å². The molecule has 2 N–H and O–H groups in total. The molecule has 2 fully saturated rings. The standard InChI is InChI=1S/C23H34N4O6S/c1-16-14-19-20(33-17(2)22(28)25-19)15-21(16)34(30,31)27-8-4-18(5-9-27)23(29)24-6-3-7-26-10-12-32-13-11-26/h14-15,17-18H,3-13H2,1-2H3,(H,24,29)(H,25,28)/t17-/m1/s1. The van der Waals surface area contributed by atoms with E-state index in [1.165, 1.54) is 10.4 Å². The summed E-state index contributed by atoms with van der Waals surface area (Å²) in [5.74, 6) is -0.0902. The fourth-order valence-electron chi connectivity index (χ4n) is 4.60. The first-order valence-electron chi connectivity index (χ1n) is 12.0. The molecule has 10 nitrogen and oxygen atoms in total. The van der Waals surface area contributed by atoms with E-state index in [0.717, 1.165) is 39.3 Å². The van der Waals surface area contributed by atoms with Gasteiger partial charge in [-0.3, -0.25) is 14.5 Å². The molecule has 34 heavy (non-hydrogen) atoms. The predicted molar refractivity (Wildman–Crippen MR) is 126 cm³/mol. The van der Waals surface area contributed by atoms with Gasteiger partial charge in [0.1, 0.15) is 5.75 Å². The van der Waals surface area contributed by atoms with Crippen molar-refractivity contribution in [3.8, 4) is 5.75 Å². The highest BCUT2D eigenvalue weighted by Gasteiger charge is 2.34. The topological polar surface area (TPSA) is 117 Å². The summed E-state index contributed by atoms with van der Waals surface area (Å²) in [6, 6.07) is 3.12. The number of hydrogen-bond donors (Lipinski definition) is 2. The van der Waals surface area contributed by atoms with Crippen LogP contribution in [0, 0.1) is 12.8 Å². The number of benzene rings is 1. The Balaban J connectivity index is 1.30. The minimum atomic E-state index is -3.75. The first-order chi connectivity index (χ1) is 16.3. The van der Waals surface area contributed by atoms with E-state index in [1.807, 2.05) is 0 Å². The summed E-state index contributed by atoms with van der Waals surface area (Å²) in [4.78, 5) is 26.9. The number of hydrogen-bond acceptors (Lipinski definition) is 7. The van der Waals surface area contributed by atoms with Crippen LogP contribution in [0.4, 0.5) is 5.69 Å². The van der Waals surface area contributed by atoms with Gasteiger partial charge >= 0.3 is 0 Å². The molecule has 1 aromatic carbocycles. The predicted octanol–water partition coefficient (Wildman–Crippen LogP) is 0.954. The van der Waals surface area contributed by atoms with Crippen molar-refractivity contribution in [1.29, 1.82) is 0 Å². The third kappa shape index (κ3) is 5.54. The van der Waals surface area contributed by atoms with Crippen molar-refractivity contribution in [2.75, 3.05) is 57.8 Å². The van der Waals surface area contributed by atoms with Crippen molar-refractivity contribution >= 4 is 27.5 Å². The number of anilines is 1. The number of aryl methyl sites for hydroxylation is 1. The summed E-state index contributed by atoms with van der Waals surface area (Å²) in [6.07, 6.45) is 1.18. The number of carbonyl (C=O) groups excluding carboxylic acids is 2. The van der Waals surface area contributed by atoms with Gasteiger partial charge in [-0.2, -0.15) is 4.31 Å². The lowest BCUT2D eigenvalue weighted by molar-refractivity contribution is -0.126. The molecule has 0 radical (unpaired) electrons. The van der Waals surface area contributed by atoms with Crippen LogP contribution in [-0.4, -0.2) is 88.0 Å². The number of piperidine rings is 1. The molecule has 0 saturated carbocycles. The highest BCUT2D eigenvalue weighted by atomic mass is 32.2. The maximum Gasteiger partial charge on any atom is 0.265 e. The summed E-state index contributed by atoms with van der Waals surface area (Å²) < 4.78 is 39.1. The quantitative estimate of drug-likeness (QED) is 0.542. The second-order valence-corrected chi connectivity index (χ2v) is 11.0. The first-order valence-corrected chi connectivity index (χ1v) is 13.4. The maximum absolute atomic E-state index is 13.3. The average molecular weight is 495 g/mol. The molecule has 0 aliphatic carbocycles. The summed E-state index contributed by atoms with van der Waals surface area (Å²) >= 11 is 0. The second-order valence-electron chi connectivity index (χ2n) is 9.14. The SMILES string of the molecule is Cc1cc2c(cc1S(=O)(=O)N1CCC(C(=O)NCCCN3CCOCC3)CC1)O[C@H](C)C(=O)N2. The lowest BCUT2D eigenvalue weighted by atomic mass is 9.97. The van der Waals surface area contributed by atoms with Crippen LogP contribution in [0.1, 0.15) is 31.7 Å². The Bertz CT molecular complexity index is 1020. The molecule has 1 atom stereocenters. The average Bonchev–Trinajstić information content (AvgIpc) is 2.83. The lowest BCUT2D eigenvalue weighted by Crippen LogP contribution is -2.43. The fourth-order valence-corrected chi connectivity index (χ4v) is 6.29. The molecule has 1 aromatic rings. The van der Waals surface area contributed by atoms with E-state index in [1.54, 1.807) is 19.9 Å². The number of sulfonamides is 1. The number of amides is 2. The van der Waals surface area contributed by atoms with Crippen molar-refractivity contribution in [2.45, 2.75) is 44.1 Å². The molecule has 0 bridgehead atoms. The van der Waals surface area contributed by atoms with Crippen LogP contribution in [0.5, 0.6) is 5.75 Å². The molecule has 2 saturated heterocycles. The second kappa shape index (κ2) is 10.6. The van der Waals surface area contributed by atoms with Crippen molar-refractivity contribution in [3.63, 3.8) is 0 Å². The Morgan fingerprint density at radius 3 is 2.59 bits per heavy atom. The number of morpholine rings is 1. The Hall–Kier alpha value is -2.21. The van der Waals surface area contributed by atoms with Crippen LogP contribution in [0.3, 0.4) is 0 Å². The van der Waals surface area contributed by atoms with Crippen molar-refractivity contribution in [2.24, 2.45) is 5.92 Å². The van der Waals surface area contributed by atoms with Gasteiger partial charge in [0.25, 0.3) is 5.91 Å². The van der Waals surface area contributed by atoms with Gasteiger partial charge in [0.15, 0.2) is 6.10 Å². The normalized spacial score (nSPS) is 22.5. The van der Waals surface area contributed by atoms with E-state index in [2.05, 4.69) is 15.5 Å². The molecule has 3 heterocycles. The number of ether oxygens (including phenoxy) is 2. The highest BCUT2D eigenvalue weighted by molar-refractivity contribution is 7.89. The van der Waals surface area contributed by atoms with Crippen LogP contribution in [0.15, 0.2) is 17.0 Å². The van der Waals surface area contributed by atoms with Crippen molar-refractivity contribution in [3.05, 3.63) is 17.7 Å². The zero-order valence-electron chi connectivity index (χ0n) is 19.8. The summed E-state index contributed by atoms with van der Waals surface area (Å²) in [6.45, 7) is 8.86. The first kappa shape index (κ1) is 24.9. The molecule has 0 aromatic heterocycles. The van der Waals surface area contributed by atoms with Gasteiger partial charge in [0.2, 0.25) is 15.9 Å². The maximum atomic E-state index is 13.3. The Morgan fingerprint density at radius 1 is 1.18 bits per heavy atom. The van der Waals surface area contributed by atoms with Gasteiger partial charge in [-0.25, -0.2) is 8.42 Å². The van der Waals surface area contributed by atoms with Crippen LogP contribution < -0.4 is 15.4 Å². The number of carbonyl (C=O) groups is 2. The van der Waals surface area contributed by atoms with Gasteiger partial charge in [-0.15, -0.1) is 0 Å². The van der Waals surface area contributed by atoms with Crippen molar-refractivity contribution < 1.29 is 27.5 Å². The van der Waals surface area contributed by atoms with E-state index in [-0.39, 0.29) is 22.6 Å². The summed E-state index contributed by atoms with van der Waals surface area (Å²) in [5.41, 5.74) is 1.01. The van der Waals surface area contributed by atoms with Crippen LogP contribution in [-0.2, 0) is 24.3 Å². The highest BCUT2D eigenvalue weighted by Crippen LogP contribution is 2.36. The number of nitrogens with one attached hydrogen (secondary N) is 2. The van der Waals surface area contributed by atoms with Crippen LogP contribution >= 0.6 is 0 Å². The van der Waals surface area contributed by atoms with E-state index in [4.69, 9.17) is 9.47 Å². The number of nitrogens with zero attached hydrogens (tertiary/aromatic N) is 2. The molecule has 2 amide bonds. The minimum Gasteiger partial charge on any atom is -0.479 e. The molecule has 3 aliphatic heterocycles. The number of fused-ring (bicyclic) bond motifs is 1. The van der Waals surface area contributed by atoms with Gasteiger partial charge in [-0.05, 0) is 51.3 Å². The van der Waals surface area contributed by atoms with E-state index in [0.29, 0.717) is 49.5 Å². The third-order valence-corrected chi connectivity index (χ3v) is 8.75. The molecule has 0 spiro atoms. The third-order valence-electron chi connectivity index (χ3n) is 6.70. The zero-order chi connectivity index (χ0) is 24.3. The molecule has 3 aliphatic rings. The molecular formula is C23H34N4O6S. The smallest absolute Gasteiger partial charge is 0.265 e. The lowest BCUT2D eigenvalue weighted by Gasteiger charge is -2.31. The molecule has 0 unspecified atom stereocenters. The minimum absolute atomic E-state index is 0.00196. The summed E-state index contributed by atoms with van der Waals surface area (Å²) in [7, 11) is -3.75. The Labute approximate surface area is 201 Å². The number of rotatable bonds is 7. The van der Waals surface area contributed by atoms with Crippen LogP contribution in [0.25, 0.3) is 0 Å². The Kier molecular flexibility index (Phi) is 7.76. The molecule has 188 valence electrons.